The van der Waals surface area contributed by atoms with Gasteiger partial charge in [0.1, 0.15) is 0 Å². The number of nitrogens with one attached hydrogen (secondary N) is 1. The van der Waals surface area contributed by atoms with Gasteiger partial charge in [0.05, 0.1) is 11.9 Å². The van der Waals surface area contributed by atoms with Crippen molar-refractivity contribution in [3.8, 4) is 0 Å². The van der Waals surface area contributed by atoms with Gasteiger partial charge in [-0.2, -0.15) is 0 Å². The zero-order valence-electron chi connectivity index (χ0n) is 13.4. The van der Waals surface area contributed by atoms with Crippen molar-refractivity contribution in [3.63, 3.8) is 0 Å². The number of rotatable bonds is 6. The van der Waals surface area contributed by atoms with Crippen LogP contribution in [-0.4, -0.2) is 54.7 Å². The van der Waals surface area contributed by atoms with Crippen molar-refractivity contribution in [2.45, 2.75) is 26.3 Å². The summed E-state index contributed by atoms with van der Waals surface area (Å²) in [5, 5.41) is 3.60. The molecule has 5 heteroatoms. The van der Waals surface area contributed by atoms with Gasteiger partial charge >= 0.3 is 0 Å². The number of nitrogens with zero attached hydrogens (tertiary/aromatic N) is 4. The molecule has 1 aromatic heterocycles. The Labute approximate surface area is 123 Å². The van der Waals surface area contributed by atoms with Crippen molar-refractivity contribution >= 4 is 5.95 Å². The fourth-order valence-corrected chi connectivity index (χ4v) is 2.92. The first kappa shape index (κ1) is 15.3. The van der Waals surface area contributed by atoms with E-state index in [0.29, 0.717) is 0 Å². The molecule has 1 fully saturated rings. The molecule has 1 saturated heterocycles. The van der Waals surface area contributed by atoms with Crippen LogP contribution >= 0.6 is 0 Å². The molecule has 0 unspecified atom stereocenters. The number of piperidine rings is 1. The van der Waals surface area contributed by atoms with Gasteiger partial charge in [-0.15, -0.1) is 0 Å². The van der Waals surface area contributed by atoms with Crippen LogP contribution in [0.25, 0.3) is 0 Å². The molecule has 5 nitrogen and oxygen atoms in total. The standard InChI is InChI=1S/C15H29N5/c1-5-20-8-6-13(7-9-20)10-16-11-14-12-17-15(18(2)3)19(14)4/h12-13,16H,5-11H2,1-4H3. The SMILES string of the molecule is CCN1CCC(CNCc2cnc(N(C)C)n2C)CC1. The molecule has 0 atom stereocenters. The summed E-state index contributed by atoms with van der Waals surface area (Å²) in [6.07, 6.45) is 4.63. The van der Waals surface area contributed by atoms with E-state index in [0.717, 1.165) is 25.0 Å². The smallest absolute Gasteiger partial charge is 0.204 e. The van der Waals surface area contributed by atoms with E-state index in [2.05, 4.69) is 33.7 Å². The van der Waals surface area contributed by atoms with Gasteiger partial charge in [0.2, 0.25) is 5.95 Å². The molecular formula is C15H29N5. The van der Waals surface area contributed by atoms with Crippen LogP contribution in [0.5, 0.6) is 0 Å². The molecule has 0 bridgehead atoms. The van der Waals surface area contributed by atoms with Gasteiger partial charge in [-0.05, 0) is 44.9 Å². The van der Waals surface area contributed by atoms with Crippen molar-refractivity contribution in [1.82, 2.24) is 19.8 Å². The maximum atomic E-state index is 4.44. The van der Waals surface area contributed by atoms with Crippen molar-refractivity contribution in [2.24, 2.45) is 13.0 Å². The van der Waals surface area contributed by atoms with E-state index >= 15 is 0 Å². The van der Waals surface area contributed by atoms with Gasteiger partial charge in [0.25, 0.3) is 0 Å². The summed E-state index contributed by atoms with van der Waals surface area (Å²) in [7, 11) is 6.14. The van der Waals surface area contributed by atoms with Crippen LogP contribution in [-0.2, 0) is 13.6 Å². The number of anilines is 1. The fourth-order valence-electron chi connectivity index (χ4n) is 2.92. The lowest BCUT2D eigenvalue weighted by Crippen LogP contribution is -2.37. The molecule has 0 amide bonds. The third kappa shape index (κ3) is 3.73. The van der Waals surface area contributed by atoms with Crippen LogP contribution in [0, 0.1) is 5.92 Å². The van der Waals surface area contributed by atoms with Crippen molar-refractivity contribution < 1.29 is 0 Å². The third-order valence-corrected chi connectivity index (χ3v) is 4.35. The van der Waals surface area contributed by atoms with Crippen molar-refractivity contribution in [3.05, 3.63) is 11.9 Å². The van der Waals surface area contributed by atoms with E-state index < -0.39 is 0 Å². The van der Waals surface area contributed by atoms with E-state index in [9.17, 15) is 0 Å². The van der Waals surface area contributed by atoms with Crippen LogP contribution in [0.2, 0.25) is 0 Å². The van der Waals surface area contributed by atoms with Crippen LogP contribution in [0.3, 0.4) is 0 Å². The fraction of sp³-hybridized carbons (Fsp3) is 0.800. The normalized spacial score (nSPS) is 17.6. The molecule has 1 aliphatic heterocycles. The number of imidazole rings is 1. The van der Waals surface area contributed by atoms with Gasteiger partial charge in [-0.1, -0.05) is 6.92 Å². The minimum Gasteiger partial charge on any atom is -0.348 e. The Kier molecular flexibility index (Phi) is 5.43. The molecule has 0 saturated carbocycles. The summed E-state index contributed by atoms with van der Waals surface area (Å²) >= 11 is 0. The zero-order valence-corrected chi connectivity index (χ0v) is 13.4. The summed E-state index contributed by atoms with van der Waals surface area (Å²) in [5.74, 6) is 1.84. The molecule has 0 aromatic carbocycles. The lowest BCUT2D eigenvalue weighted by Gasteiger charge is -2.31. The van der Waals surface area contributed by atoms with Crippen LogP contribution in [0.1, 0.15) is 25.5 Å². The predicted octanol–water partition coefficient (Wildman–Crippen LogP) is 1.31. The molecule has 2 rings (SSSR count). The van der Waals surface area contributed by atoms with Gasteiger partial charge in [0.15, 0.2) is 0 Å². The van der Waals surface area contributed by atoms with Crippen LogP contribution in [0.15, 0.2) is 6.20 Å². The highest BCUT2D eigenvalue weighted by molar-refractivity contribution is 5.30. The minimum atomic E-state index is 0.833. The molecule has 0 radical (unpaired) electrons. The zero-order chi connectivity index (χ0) is 14.5. The number of aromatic nitrogens is 2. The molecule has 2 heterocycles. The van der Waals surface area contributed by atoms with Crippen LogP contribution in [0.4, 0.5) is 5.95 Å². The number of hydrogen-bond acceptors (Lipinski definition) is 4. The average Bonchev–Trinajstić information content (AvgIpc) is 2.81. The van der Waals surface area contributed by atoms with Crippen LogP contribution < -0.4 is 10.2 Å². The maximum Gasteiger partial charge on any atom is 0.204 e. The monoisotopic (exact) mass is 279 g/mol. The third-order valence-electron chi connectivity index (χ3n) is 4.35. The Morgan fingerprint density at radius 2 is 2.05 bits per heavy atom. The minimum absolute atomic E-state index is 0.833. The lowest BCUT2D eigenvalue weighted by molar-refractivity contribution is 0.190. The average molecular weight is 279 g/mol. The van der Waals surface area contributed by atoms with E-state index in [4.69, 9.17) is 0 Å². The summed E-state index contributed by atoms with van der Waals surface area (Å²) in [5.41, 5.74) is 1.25. The summed E-state index contributed by atoms with van der Waals surface area (Å²) < 4.78 is 2.16. The predicted molar refractivity (Wildman–Crippen MR) is 84.1 cm³/mol. The molecule has 0 spiro atoms. The molecule has 20 heavy (non-hydrogen) atoms. The lowest BCUT2D eigenvalue weighted by atomic mass is 9.97. The molecule has 1 aliphatic rings. The molecular weight excluding hydrogens is 250 g/mol. The Morgan fingerprint density at radius 3 is 2.60 bits per heavy atom. The van der Waals surface area contributed by atoms with E-state index in [-0.39, 0.29) is 0 Å². The van der Waals surface area contributed by atoms with Crippen molar-refractivity contribution in [2.75, 3.05) is 45.2 Å². The number of likely N-dealkylation sites (tertiary alicyclic amines) is 1. The molecule has 1 N–H and O–H groups in total. The van der Waals surface area contributed by atoms with Gasteiger partial charge in [-0.25, -0.2) is 4.98 Å². The second kappa shape index (κ2) is 7.09. The summed E-state index contributed by atoms with van der Waals surface area (Å²) in [6.45, 7) is 8.01. The van der Waals surface area contributed by atoms with E-state index in [1.165, 1.54) is 38.2 Å². The second-order valence-corrected chi connectivity index (χ2v) is 6.01. The first-order valence-electron chi connectivity index (χ1n) is 7.72. The Morgan fingerprint density at radius 1 is 1.35 bits per heavy atom. The quantitative estimate of drug-likeness (QED) is 0.852. The Bertz CT molecular complexity index is 404. The Balaban J connectivity index is 1.74. The second-order valence-electron chi connectivity index (χ2n) is 6.01. The molecule has 1 aromatic rings. The highest BCUT2D eigenvalue weighted by Gasteiger charge is 2.17. The van der Waals surface area contributed by atoms with Crippen molar-refractivity contribution in [1.29, 1.82) is 0 Å². The highest BCUT2D eigenvalue weighted by atomic mass is 15.3. The Hall–Kier alpha value is -1.07. The van der Waals surface area contributed by atoms with Gasteiger partial charge in [0, 0.05) is 27.7 Å². The summed E-state index contributed by atoms with van der Waals surface area (Å²) in [6, 6.07) is 0. The van der Waals surface area contributed by atoms with E-state index in [1.807, 2.05) is 25.2 Å². The molecule has 0 aliphatic carbocycles. The van der Waals surface area contributed by atoms with Gasteiger partial charge < -0.3 is 19.7 Å². The van der Waals surface area contributed by atoms with E-state index in [1.54, 1.807) is 0 Å². The number of hydrogen-bond donors (Lipinski definition) is 1. The topological polar surface area (TPSA) is 36.3 Å². The van der Waals surface area contributed by atoms with Gasteiger partial charge in [-0.3, -0.25) is 0 Å². The largest absolute Gasteiger partial charge is 0.348 e. The molecule has 114 valence electrons. The first-order chi connectivity index (χ1) is 9.61. The maximum absolute atomic E-state index is 4.44. The highest BCUT2D eigenvalue weighted by Crippen LogP contribution is 2.16. The summed E-state index contributed by atoms with van der Waals surface area (Å²) in [4.78, 5) is 9.03. The first-order valence-corrected chi connectivity index (χ1v) is 7.72.